The number of hydrogen-bond donors (Lipinski definition) is 2. The second-order valence-electron chi connectivity index (χ2n) is 3.25. The molecule has 5 nitrogen and oxygen atoms in total. The third-order valence-corrected chi connectivity index (χ3v) is 1.52. The molecule has 1 amide bonds. The summed E-state index contributed by atoms with van der Waals surface area (Å²) in [5.41, 5.74) is 0. The molecule has 0 fully saturated rings. The molecule has 0 aliphatic rings. The fourth-order valence-electron chi connectivity index (χ4n) is 0.856. The van der Waals surface area contributed by atoms with Crippen LogP contribution in [0.25, 0.3) is 0 Å². The van der Waals surface area contributed by atoms with Crippen LogP contribution in [0.1, 0.15) is 6.42 Å². The zero-order valence-corrected chi connectivity index (χ0v) is 8.50. The average molecular weight is 200 g/mol. The Balaban J connectivity index is 3.50. The first-order valence-electron chi connectivity index (χ1n) is 4.48. The number of nitrogens with one attached hydrogen (secondary N) is 2. The third kappa shape index (κ3) is 8.73. The molecule has 14 heavy (non-hydrogen) atoms. The number of carbonyl (C=O) groups is 2. The molecule has 0 saturated heterocycles. The lowest BCUT2D eigenvalue weighted by Gasteiger charge is -2.06. The molecule has 80 valence electrons. The summed E-state index contributed by atoms with van der Waals surface area (Å²) in [7, 11) is 4.05. The van der Waals surface area contributed by atoms with E-state index in [0.29, 0.717) is 12.6 Å². The molecular weight excluding hydrogens is 184 g/mol. The van der Waals surface area contributed by atoms with E-state index < -0.39 is 11.9 Å². The van der Waals surface area contributed by atoms with Gasteiger partial charge in [-0.15, -0.1) is 0 Å². The molecule has 0 heterocycles. The van der Waals surface area contributed by atoms with Crippen LogP contribution < -0.4 is 15.3 Å². The van der Waals surface area contributed by atoms with Gasteiger partial charge in [0, 0.05) is 19.0 Å². The monoisotopic (exact) mass is 200 g/mol. The first-order chi connectivity index (χ1) is 6.52. The smallest absolute Gasteiger partial charge is 0.244 e. The first-order valence-corrected chi connectivity index (χ1v) is 4.48. The largest absolute Gasteiger partial charge is 0.545 e. The molecule has 0 bridgehead atoms. The Bertz CT molecular complexity index is 224. The molecule has 0 aromatic rings. The Kier molecular flexibility index (Phi) is 6.39. The Labute approximate surface area is 83.4 Å². The maximum absolute atomic E-state index is 10.9. The van der Waals surface area contributed by atoms with Crippen LogP contribution in [0, 0.1) is 0 Å². The van der Waals surface area contributed by atoms with Gasteiger partial charge in [0.15, 0.2) is 0 Å². The zero-order valence-electron chi connectivity index (χ0n) is 8.50. The molecule has 0 radical (unpaired) electrons. The van der Waals surface area contributed by atoms with E-state index in [2.05, 4.69) is 5.32 Å². The van der Waals surface area contributed by atoms with Crippen LogP contribution in [0.3, 0.4) is 0 Å². The van der Waals surface area contributed by atoms with Crippen molar-refractivity contribution < 1.29 is 19.6 Å². The molecule has 5 heteroatoms. The summed E-state index contributed by atoms with van der Waals surface area (Å²) in [6, 6.07) is 0. The van der Waals surface area contributed by atoms with Crippen molar-refractivity contribution in [3.63, 3.8) is 0 Å². The van der Waals surface area contributed by atoms with Crippen molar-refractivity contribution in [1.29, 1.82) is 0 Å². The zero-order chi connectivity index (χ0) is 11.0. The molecule has 0 aliphatic heterocycles. The van der Waals surface area contributed by atoms with Crippen molar-refractivity contribution in [2.45, 2.75) is 6.42 Å². The predicted molar refractivity (Wildman–Crippen MR) is 49.5 cm³/mol. The number of carboxylic acids is 1. The summed E-state index contributed by atoms with van der Waals surface area (Å²) in [4.78, 5) is 22.1. The van der Waals surface area contributed by atoms with Crippen LogP contribution in [-0.2, 0) is 9.59 Å². The Morgan fingerprint density at radius 3 is 2.50 bits per heavy atom. The van der Waals surface area contributed by atoms with Gasteiger partial charge < -0.3 is 20.1 Å². The van der Waals surface area contributed by atoms with Gasteiger partial charge in [0.25, 0.3) is 0 Å². The molecule has 0 aliphatic carbocycles. The molecule has 0 spiro atoms. The number of carboxylic acid groups (broad SMARTS) is 1. The quantitative estimate of drug-likeness (QED) is 0.353. The Morgan fingerprint density at radius 1 is 1.36 bits per heavy atom. The summed E-state index contributed by atoms with van der Waals surface area (Å²) in [5, 5.41) is 12.5. The lowest BCUT2D eigenvalue weighted by Crippen LogP contribution is -3.05. The van der Waals surface area contributed by atoms with Gasteiger partial charge in [-0.25, -0.2) is 0 Å². The van der Waals surface area contributed by atoms with Crippen LogP contribution in [0.15, 0.2) is 12.2 Å². The van der Waals surface area contributed by atoms with E-state index in [1.165, 1.54) is 4.90 Å². The highest BCUT2D eigenvalue weighted by Gasteiger charge is 1.96. The predicted octanol–water partition coefficient (Wildman–Crippen LogP) is -3.06. The summed E-state index contributed by atoms with van der Waals surface area (Å²) >= 11 is 0. The van der Waals surface area contributed by atoms with Gasteiger partial charge in [-0.05, 0) is 6.08 Å². The van der Waals surface area contributed by atoms with E-state index in [1.807, 2.05) is 14.1 Å². The van der Waals surface area contributed by atoms with Crippen molar-refractivity contribution in [3.05, 3.63) is 12.2 Å². The minimum atomic E-state index is -1.36. The molecule has 0 atom stereocenters. The normalized spacial score (nSPS) is 10.8. The van der Waals surface area contributed by atoms with E-state index in [-0.39, 0.29) is 0 Å². The average Bonchev–Trinajstić information content (AvgIpc) is 2.08. The minimum Gasteiger partial charge on any atom is -0.545 e. The summed E-state index contributed by atoms with van der Waals surface area (Å²) < 4.78 is 0. The maximum Gasteiger partial charge on any atom is 0.244 e. The van der Waals surface area contributed by atoms with E-state index in [4.69, 9.17) is 0 Å². The fourth-order valence-corrected chi connectivity index (χ4v) is 0.856. The van der Waals surface area contributed by atoms with Gasteiger partial charge in [0.2, 0.25) is 5.91 Å². The summed E-state index contributed by atoms with van der Waals surface area (Å²) in [6.07, 6.45) is 2.54. The van der Waals surface area contributed by atoms with Gasteiger partial charge >= 0.3 is 0 Å². The topological polar surface area (TPSA) is 73.7 Å². The van der Waals surface area contributed by atoms with Gasteiger partial charge in [-0.2, -0.15) is 0 Å². The number of amides is 1. The Hall–Kier alpha value is -1.36. The van der Waals surface area contributed by atoms with E-state index in [1.54, 1.807) is 0 Å². The first kappa shape index (κ1) is 12.6. The molecular formula is C9H16N2O3. The second-order valence-corrected chi connectivity index (χ2v) is 3.25. The number of aliphatic carboxylic acids is 1. The van der Waals surface area contributed by atoms with Crippen molar-refractivity contribution >= 4 is 11.9 Å². The summed E-state index contributed by atoms with van der Waals surface area (Å²) in [5.74, 6) is -1.76. The van der Waals surface area contributed by atoms with Crippen molar-refractivity contribution in [1.82, 2.24) is 5.32 Å². The van der Waals surface area contributed by atoms with Gasteiger partial charge in [-0.1, -0.05) is 0 Å². The van der Waals surface area contributed by atoms with Crippen molar-refractivity contribution in [3.8, 4) is 0 Å². The number of carbonyl (C=O) groups excluding carboxylic acids is 2. The molecule has 0 unspecified atom stereocenters. The lowest BCUT2D eigenvalue weighted by atomic mass is 10.4. The van der Waals surface area contributed by atoms with Crippen molar-refractivity contribution in [2.75, 3.05) is 27.2 Å². The maximum atomic E-state index is 10.9. The van der Waals surface area contributed by atoms with Crippen LogP contribution >= 0.6 is 0 Å². The molecule has 0 saturated carbocycles. The fraction of sp³-hybridized carbons (Fsp3) is 0.556. The molecule has 0 rings (SSSR count). The van der Waals surface area contributed by atoms with E-state index >= 15 is 0 Å². The van der Waals surface area contributed by atoms with Crippen LogP contribution in [0.5, 0.6) is 0 Å². The van der Waals surface area contributed by atoms with Gasteiger partial charge in [0.1, 0.15) is 0 Å². The third-order valence-electron chi connectivity index (χ3n) is 1.52. The van der Waals surface area contributed by atoms with E-state index in [0.717, 1.165) is 19.0 Å². The van der Waals surface area contributed by atoms with Crippen molar-refractivity contribution in [2.24, 2.45) is 0 Å². The molecule has 0 aromatic carbocycles. The lowest BCUT2D eigenvalue weighted by molar-refractivity contribution is -0.858. The summed E-state index contributed by atoms with van der Waals surface area (Å²) in [6.45, 7) is 1.52. The molecule has 2 N–H and O–H groups in total. The SMILES string of the molecule is C[NH+](C)CCCNC(=O)/C=C/C(=O)[O-]. The highest BCUT2D eigenvalue weighted by molar-refractivity contribution is 5.93. The second kappa shape index (κ2) is 7.08. The highest BCUT2D eigenvalue weighted by Crippen LogP contribution is 1.74. The van der Waals surface area contributed by atoms with Gasteiger partial charge in [0.05, 0.1) is 26.6 Å². The van der Waals surface area contributed by atoms with Gasteiger partial charge in [-0.3, -0.25) is 4.79 Å². The van der Waals surface area contributed by atoms with Crippen LogP contribution in [0.2, 0.25) is 0 Å². The number of hydrogen-bond acceptors (Lipinski definition) is 3. The Morgan fingerprint density at radius 2 is 2.00 bits per heavy atom. The minimum absolute atomic E-state index is 0.400. The highest BCUT2D eigenvalue weighted by atomic mass is 16.4. The van der Waals surface area contributed by atoms with Crippen LogP contribution in [0.4, 0.5) is 0 Å². The number of quaternary nitrogens is 1. The standard InChI is InChI=1S/C9H16N2O3/c1-11(2)7-3-6-10-8(12)4-5-9(13)14/h4-5H,3,6-7H2,1-2H3,(H,10,12)(H,13,14)/b5-4+. The van der Waals surface area contributed by atoms with E-state index in [9.17, 15) is 14.7 Å². The number of rotatable bonds is 6. The molecule has 0 aromatic heterocycles. The van der Waals surface area contributed by atoms with Crippen LogP contribution in [-0.4, -0.2) is 39.1 Å².